The van der Waals surface area contributed by atoms with Gasteiger partial charge >= 0.3 is 0 Å². The summed E-state index contributed by atoms with van der Waals surface area (Å²) >= 11 is 0. The lowest BCUT2D eigenvalue weighted by atomic mass is 9.87. The number of halogens is 2. The van der Waals surface area contributed by atoms with Crippen LogP contribution in [-0.2, 0) is 0 Å². The summed E-state index contributed by atoms with van der Waals surface area (Å²) in [7, 11) is 0. The number of hydrogen-bond donors (Lipinski definition) is 1. The minimum Gasteiger partial charge on any atom is -0.369 e. The van der Waals surface area contributed by atoms with Crippen molar-refractivity contribution in [3.63, 3.8) is 0 Å². The summed E-state index contributed by atoms with van der Waals surface area (Å²) < 4.78 is 29.2. The Morgan fingerprint density at radius 1 is 1.37 bits per heavy atom. The summed E-state index contributed by atoms with van der Waals surface area (Å²) in [5.41, 5.74) is 6.56. The molecule has 102 valence electrons. The van der Waals surface area contributed by atoms with E-state index in [2.05, 4.69) is 18.8 Å². The highest BCUT2D eigenvalue weighted by Gasteiger charge is 2.38. The van der Waals surface area contributed by atoms with E-state index in [0.717, 1.165) is 25.3 Å². The maximum Gasteiger partial charge on any atom is 0.201 e. The van der Waals surface area contributed by atoms with Crippen LogP contribution in [0.5, 0.6) is 0 Å². The predicted molar refractivity (Wildman–Crippen MR) is 70.7 cm³/mol. The van der Waals surface area contributed by atoms with Crippen LogP contribution in [0.15, 0.2) is 12.1 Å². The van der Waals surface area contributed by atoms with Crippen molar-refractivity contribution in [1.82, 2.24) is 9.55 Å². The molecule has 19 heavy (non-hydrogen) atoms. The highest BCUT2D eigenvalue weighted by Crippen LogP contribution is 2.48. The standard InChI is InChI=1S/C14H17F2N3/c1-14(2)7-3-4-10(14)19-12-9(18-13(19)17)6-5-8(15)11(12)16/h5-6,10H,3-4,7H2,1-2H3,(H2,17,18). The quantitative estimate of drug-likeness (QED) is 0.855. The lowest BCUT2D eigenvalue weighted by Gasteiger charge is -2.29. The van der Waals surface area contributed by atoms with Crippen LogP contribution in [0.25, 0.3) is 11.0 Å². The maximum atomic E-state index is 14.1. The van der Waals surface area contributed by atoms with E-state index in [4.69, 9.17) is 5.73 Å². The third kappa shape index (κ3) is 1.71. The van der Waals surface area contributed by atoms with Gasteiger partial charge in [-0.25, -0.2) is 13.8 Å². The minimum atomic E-state index is -0.857. The number of aromatic nitrogens is 2. The summed E-state index contributed by atoms with van der Waals surface area (Å²) in [6, 6.07) is 2.63. The van der Waals surface area contributed by atoms with Gasteiger partial charge in [0.1, 0.15) is 5.52 Å². The van der Waals surface area contributed by atoms with Crippen molar-refractivity contribution < 1.29 is 8.78 Å². The summed E-state index contributed by atoms with van der Waals surface area (Å²) in [5.74, 6) is -1.45. The Bertz CT molecular complexity index is 646. The van der Waals surface area contributed by atoms with Crippen LogP contribution >= 0.6 is 0 Å². The van der Waals surface area contributed by atoms with Crippen molar-refractivity contribution in [2.75, 3.05) is 5.73 Å². The SMILES string of the molecule is CC1(C)CCCC1n1c(N)nc2ccc(F)c(F)c21. The van der Waals surface area contributed by atoms with Gasteiger partial charge in [0.2, 0.25) is 5.95 Å². The van der Waals surface area contributed by atoms with Crippen LogP contribution in [0.3, 0.4) is 0 Å². The second kappa shape index (κ2) is 3.92. The highest BCUT2D eigenvalue weighted by atomic mass is 19.2. The topological polar surface area (TPSA) is 43.8 Å². The molecule has 0 saturated heterocycles. The molecule has 1 aliphatic carbocycles. The van der Waals surface area contributed by atoms with Crippen LogP contribution in [-0.4, -0.2) is 9.55 Å². The van der Waals surface area contributed by atoms with Gasteiger partial charge in [-0.1, -0.05) is 20.3 Å². The van der Waals surface area contributed by atoms with E-state index in [1.54, 1.807) is 4.57 Å². The largest absolute Gasteiger partial charge is 0.369 e. The van der Waals surface area contributed by atoms with Crippen LogP contribution in [0.2, 0.25) is 0 Å². The number of nitrogen functional groups attached to an aromatic ring is 1. The van der Waals surface area contributed by atoms with Crippen molar-refractivity contribution in [3.05, 3.63) is 23.8 Å². The van der Waals surface area contributed by atoms with Gasteiger partial charge in [0.15, 0.2) is 11.6 Å². The van der Waals surface area contributed by atoms with Gasteiger partial charge in [0, 0.05) is 6.04 Å². The van der Waals surface area contributed by atoms with Gasteiger partial charge in [-0.15, -0.1) is 0 Å². The fourth-order valence-corrected chi connectivity index (χ4v) is 3.24. The van der Waals surface area contributed by atoms with Crippen molar-refractivity contribution in [3.8, 4) is 0 Å². The number of fused-ring (bicyclic) bond motifs is 1. The molecular weight excluding hydrogens is 248 g/mol. The second-order valence-electron chi connectivity index (χ2n) is 5.97. The summed E-state index contributed by atoms with van der Waals surface area (Å²) in [5, 5.41) is 0. The van der Waals surface area contributed by atoms with E-state index in [0.29, 0.717) is 5.52 Å². The molecule has 1 unspecified atom stereocenters. The smallest absolute Gasteiger partial charge is 0.201 e. The molecule has 2 aromatic rings. The molecule has 0 amide bonds. The number of nitrogens with two attached hydrogens (primary N) is 1. The molecular formula is C14H17F2N3. The molecule has 1 aromatic carbocycles. The summed E-state index contributed by atoms with van der Waals surface area (Å²) in [6.45, 7) is 4.26. The molecule has 1 aliphatic rings. The van der Waals surface area contributed by atoms with Crippen LogP contribution < -0.4 is 5.73 Å². The van der Waals surface area contributed by atoms with Crippen LogP contribution in [0.1, 0.15) is 39.2 Å². The van der Waals surface area contributed by atoms with Gasteiger partial charge < -0.3 is 10.3 Å². The Morgan fingerprint density at radius 2 is 2.11 bits per heavy atom. The number of nitrogens with zero attached hydrogens (tertiary/aromatic N) is 2. The lowest BCUT2D eigenvalue weighted by molar-refractivity contribution is 0.267. The Labute approximate surface area is 110 Å². The van der Waals surface area contributed by atoms with Gasteiger partial charge in [0.05, 0.1) is 5.52 Å². The molecule has 3 nitrogen and oxygen atoms in total. The average Bonchev–Trinajstić information content (AvgIpc) is 2.83. The molecule has 0 radical (unpaired) electrons. The predicted octanol–water partition coefficient (Wildman–Crippen LogP) is 3.65. The number of benzene rings is 1. The van der Waals surface area contributed by atoms with E-state index >= 15 is 0 Å². The first-order chi connectivity index (χ1) is 8.92. The molecule has 1 fully saturated rings. The molecule has 2 N–H and O–H groups in total. The fraction of sp³-hybridized carbons (Fsp3) is 0.500. The van der Waals surface area contributed by atoms with Gasteiger partial charge in [0.25, 0.3) is 0 Å². The normalized spacial score (nSPS) is 22.2. The zero-order valence-corrected chi connectivity index (χ0v) is 11.1. The molecule has 3 rings (SSSR count). The van der Waals surface area contributed by atoms with Crippen molar-refractivity contribution in [1.29, 1.82) is 0 Å². The monoisotopic (exact) mass is 265 g/mol. The van der Waals surface area contributed by atoms with Crippen LogP contribution in [0, 0.1) is 17.0 Å². The van der Waals surface area contributed by atoms with E-state index in [-0.39, 0.29) is 22.9 Å². The number of anilines is 1. The zero-order valence-electron chi connectivity index (χ0n) is 11.1. The van der Waals surface area contributed by atoms with E-state index in [1.165, 1.54) is 6.07 Å². The third-order valence-corrected chi connectivity index (χ3v) is 4.28. The lowest BCUT2D eigenvalue weighted by Crippen LogP contribution is -2.23. The molecule has 5 heteroatoms. The van der Waals surface area contributed by atoms with Gasteiger partial charge in [-0.3, -0.25) is 0 Å². The Balaban J connectivity index is 2.29. The second-order valence-corrected chi connectivity index (χ2v) is 5.97. The Hall–Kier alpha value is -1.65. The van der Waals surface area contributed by atoms with Crippen molar-refractivity contribution in [2.45, 2.75) is 39.2 Å². The number of rotatable bonds is 1. The zero-order chi connectivity index (χ0) is 13.8. The molecule has 0 aliphatic heterocycles. The van der Waals surface area contributed by atoms with Crippen molar-refractivity contribution in [2.24, 2.45) is 5.41 Å². The highest BCUT2D eigenvalue weighted by molar-refractivity contribution is 5.79. The molecule has 1 aromatic heterocycles. The van der Waals surface area contributed by atoms with E-state index in [9.17, 15) is 8.78 Å². The van der Waals surface area contributed by atoms with E-state index < -0.39 is 11.6 Å². The Kier molecular flexibility index (Phi) is 2.56. The molecule has 0 bridgehead atoms. The molecule has 1 atom stereocenters. The summed E-state index contributed by atoms with van der Waals surface area (Å²) in [4.78, 5) is 4.16. The first-order valence-electron chi connectivity index (χ1n) is 6.53. The first kappa shape index (κ1) is 12.4. The third-order valence-electron chi connectivity index (χ3n) is 4.28. The molecule has 1 saturated carbocycles. The van der Waals surface area contributed by atoms with Gasteiger partial charge in [-0.05, 0) is 30.4 Å². The Morgan fingerprint density at radius 3 is 2.74 bits per heavy atom. The van der Waals surface area contributed by atoms with Crippen molar-refractivity contribution >= 4 is 17.0 Å². The molecule has 0 spiro atoms. The van der Waals surface area contributed by atoms with Gasteiger partial charge in [-0.2, -0.15) is 0 Å². The maximum absolute atomic E-state index is 14.1. The average molecular weight is 265 g/mol. The molecule has 1 heterocycles. The summed E-state index contributed by atoms with van der Waals surface area (Å²) in [6.07, 6.45) is 3.03. The number of imidazole rings is 1. The van der Waals surface area contributed by atoms with E-state index in [1.807, 2.05) is 0 Å². The first-order valence-corrected chi connectivity index (χ1v) is 6.53. The van der Waals surface area contributed by atoms with Crippen LogP contribution in [0.4, 0.5) is 14.7 Å². The number of hydrogen-bond acceptors (Lipinski definition) is 2. The minimum absolute atomic E-state index is 0.0144. The fourth-order valence-electron chi connectivity index (χ4n) is 3.24.